The van der Waals surface area contributed by atoms with Crippen LogP contribution in [0.4, 0.5) is 0 Å². The standard InChI is InChI=1S/C23H32ClNO8S/c1-31-23-21(28)19(26)20(27)22(33-23)15-6-9-18(24)16(13-15)12-14-4-7-17(8-5-14)32-11-3-10-25-34(2,29)30/h4-9,15,19-23,25-28H,3,10-13H2,1-2H3. The topological polar surface area (TPSA) is 135 Å². The number of aliphatic hydroxyl groups is 3. The molecular formula is C23H32ClNO8S. The third-order valence-corrected chi connectivity index (χ3v) is 6.99. The smallest absolute Gasteiger partial charge is 0.208 e. The highest BCUT2D eigenvalue weighted by atomic mass is 35.5. The van der Waals surface area contributed by atoms with Gasteiger partial charge in [-0.3, -0.25) is 0 Å². The molecule has 1 aromatic rings. The zero-order valence-corrected chi connectivity index (χ0v) is 20.7. The molecule has 2 aliphatic rings. The molecule has 190 valence electrons. The molecule has 1 aliphatic heterocycles. The first-order valence-electron chi connectivity index (χ1n) is 11.0. The van der Waals surface area contributed by atoms with Crippen molar-refractivity contribution in [3.05, 3.63) is 52.6 Å². The lowest BCUT2D eigenvalue weighted by Gasteiger charge is -2.43. The maximum Gasteiger partial charge on any atom is 0.208 e. The molecule has 0 aromatic heterocycles. The first-order chi connectivity index (χ1) is 16.1. The fourth-order valence-electron chi connectivity index (χ4n) is 4.05. The largest absolute Gasteiger partial charge is 0.494 e. The van der Waals surface area contributed by atoms with Crippen LogP contribution in [0.3, 0.4) is 0 Å². The fourth-order valence-corrected chi connectivity index (χ4v) is 4.78. The van der Waals surface area contributed by atoms with Gasteiger partial charge in [0.15, 0.2) is 6.29 Å². The number of nitrogens with one attached hydrogen (secondary N) is 1. The second-order valence-electron chi connectivity index (χ2n) is 8.54. The summed E-state index contributed by atoms with van der Waals surface area (Å²) in [6, 6.07) is 7.56. The van der Waals surface area contributed by atoms with E-state index in [2.05, 4.69) is 4.72 Å². The minimum Gasteiger partial charge on any atom is -0.494 e. The Morgan fingerprint density at radius 1 is 1.15 bits per heavy atom. The average molecular weight is 518 g/mol. The van der Waals surface area contributed by atoms with Crippen LogP contribution in [-0.2, 0) is 25.9 Å². The summed E-state index contributed by atoms with van der Waals surface area (Å²) < 4.78 is 41.0. The summed E-state index contributed by atoms with van der Waals surface area (Å²) in [4.78, 5) is 0. The van der Waals surface area contributed by atoms with Crippen LogP contribution in [0, 0.1) is 5.92 Å². The quantitative estimate of drug-likeness (QED) is 0.339. The molecule has 0 saturated carbocycles. The van der Waals surface area contributed by atoms with Gasteiger partial charge in [0.25, 0.3) is 0 Å². The van der Waals surface area contributed by atoms with Crippen molar-refractivity contribution in [1.29, 1.82) is 0 Å². The summed E-state index contributed by atoms with van der Waals surface area (Å²) in [5.41, 5.74) is 1.98. The Labute approximate surface area is 205 Å². The molecule has 4 N–H and O–H groups in total. The van der Waals surface area contributed by atoms with Crippen LogP contribution < -0.4 is 9.46 Å². The molecule has 34 heavy (non-hydrogen) atoms. The van der Waals surface area contributed by atoms with Crippen molar-refractivity contribution in [2.75, 3.05) is 26.5 Å². The summed E-state index contributed by atoms with van der Waals surface area (Å²) in [6.45, 7) is 0.705. The summed E-state index contributed by atoms with van der Waals surface area (Å²) in [5.74, 6) is 0.428. The molecule has 0 radical (unpaired) electrons. The summed E-state index contributed by atoms with van der Waals surface area (Å²) >= 11 is 6.44. The van der Waals surface area contributed by atoms with Crippen LogP contribution in [0.25, 0.3) is 0 Å². The highest BCUT2D eigenvalue weighted by molar-refractivity contribution is 7.88. The number of benzene rings is 1. The molecular weight excluding hydrogens is 486 g/mol. The Balaban J connectivity index is 1.55. The highest BCUT2D eigenvalue weighted by Gasteiger charge is 2.46. The Morgan fingerprint density at radius 2 is 1.85 bits per heavy atom. The van der Waals surface area contributed by atoms with Crippen LogP contribution in [0.5, 0.6) is 5.75 Å². The molecule has 0 spiro atoms. The van der Waals surface area contributed by atoms with Crippen LogP contribution in [0.15, 0.2) is 47.0 Å². The van der Waals surface area contributed by atoms with E-state index in [0.717, 1.165) is 17.4 Å². The van der Waals surface area contributed by atoms with Gasteiger partial charge in [0.2, 0.25) is 10.0 Å². The molecule has 1 aromatic carbocycles. The molecule has 6 atom stereocenters. The number of sulfonamides is 1. The third-order valence-electron chi connectivity index (χ3n) is 5.87. The lowest BCUT2D eigenvalue weighted by Crippen LogP contribution is -2.59. The maximum atomic E-state index is 11.1. The van der Waals surface area contributed by atoms with Gasteiger partial charge < -0.3 is 29.5 Å². The van der Waals surface area contributed by atoms with E-state index < -0.39 is 40.7 Å². The van der Waals surface area contributed by atoms with Crippen molar-refractivity contribution >= 4 is 21.6 Å². The van der Waals surface area contributed by atoms with E-state index in [4.69, 9.17) is 25.8 Å². The molecule has 1 fully saturated rings. The van der Waals surface area contributed by atoms with Gasteiger partial charge >= 0.3 is 0 Å². The Hall–Kier alpha value is -1.50. The normalized spacial score (nSPS) is 29.9. The van der Waals surface area contributed by atoms with Gasteiger partial charge in [-0.2, -0.15) is 0 Å². The number of hydrogen-bond acceptors (Lipinski definition) is 8. The van der Waals surface area contributed by atoms with Gasteiger partial charge in [-0.1, -0.05) is 29.8 Å². The molecule has 1 heterocycles. The van der Waals surface area contributed by atoms with Gasteiger partial charge in [-0.05, 0) is 48.6 Å². The van der Waals surface area contributed by atoms with Crippen molar-refractivity contribution in [2.45, 2.75) is 50.0 Å². The number of allylic oxidation sites excluding steroid dienone is 3. The number of ether oxygens (including phenoxy) is 3. The van der Waals surface area contributed by atoms with E-state index in [1.807, 2.05) is 30.3 Å². The van der Waals surface area contributed by atoms with Crippen molar-refractivity contribution < 1.29 is 37.9 Å². The Kier molecular flexibility index (Phi) is 9.53. The van der Waals surface area contributed by atoms with Gasteiger partial charge in [-0.15, -0.1) is 0 Å². The second kappa shape index (κ2) is 12.0. The number of rotatable bonds is 10. The van der Waals surface area contributed by atoms with Crippen molar-refractivity contribution in [2.24, 2.45) is 5.92 Å². The van der Waals surface area contributed by atoms with E-state index in [1.165, 1.54) is 7.11 Å². The molecule has 0 amide bonds. The third kappa shape index (κ3) is 7.25. The van der Waals surface area contributed by atoms with Crippen molar-refractivity contribution in [1.82, 2.24) is 4.72 Å². The van der Waals surface area contributed by atoms with E-state index >= 15 is 0 Å². The lowest BCUT2D eigenvalue weighted by atomic mass is 9.82. The minimum absolute atomic E-state index is 0.254. The highest BCUT2D eigenvalue weighted by Crippen LogP contribution is 2.36. The van der Waals surface area contributed by atoms with Crippen molar-refractivity contribution in [3.63, 3.8) is 0 Å². The summed E-state index contributed by atoms with van der Waals surface area (Å²) in [7, 11) is -1.82. The minimum atomic E-state index is -3.19. The first kappa shape index (κ1) is 27.1. The molecule has 11 heteroatoms. The van der Waals surface area contributed by atoms with Gasteiger partial charge in [-0.25, -0.2) is 13.1 Å². The van der Waals surface area contributed by atoms with E-state index in [9.17, 15) is 23.7 Å². The summed E-state index contributed by atoms with van der Waals surface area (Å²) in [6.07, 6.45) is 0.608. The number of methoxy groups -OCH3 is 1. The Bertz CT molecular complexity index is 979. The zero-order chi connectivity index (χ0) is 24.9. The molecule has 6 unspecified atom stereocenters. The monoisotopic (exact) mass is 517 g/mol. The molecule has 0 bridgehead atoms. The summed E-state index contributed by atoms with van der Waals surface area (Å²) in [5, 5.41) is 31.3. The lowest BCUT2D eigenvalue weighted by molar-refractivity contribution is -0.296. The van der Waals surface area contributed by atoms with E-state index in [1.54, 1.807) is 6.08 Å². The van der Waals surface area contributed by atoms with Gasteiger partial charge in [0, 0.05) is 24.6 Å². The second-order valence-corrected chi connectivity index (χ2v) is 10.8. The maximum absolute atomic E-state index is 11.1. The van der Waals surface area contributed by atoms with Crippen LogP contribution in [0.2, 0.25) is 0 Å². The van der Waals surface area contributed by atoms with Gasteiger partial charge in [0.05, 0.1) is 19.0 Å². The van der Waals surface area contributed by atoms with Crippen LogP contribution in [-0.4, -0.2) is 81.0 Å². The van der Waals surface area contributed by atoms with Crippen molar-refractivity contribution in [3.8, 4) is 5.75 Å². The first-order valence-corrected chi connectivity index (χ1v) is 13.3. The van der Waals surface area contributed by atoms with Crippen LogP contribution >= 0.6 is 11.6 Å². The molecule has 9 nitrogen and oxygen atoms in total. The predicted molar refractivity (Wildman–Crippen MR) is 127 cm³/mol. The average Bonchev–Trinajstić information content (AvgIpc) is 2.79. The van der Waals surface area contributed by atoms with Crippen LogP contribution in [0.1, 0.15) is 18.4 Å². The number of halogens is 1. The van der Waals surface area contributed by atoms with E-state index in [-0.39, 0.29) is 5.92 Å². The fraction of sp³-hybridized carbons (Fsp3) is 0.565. The SMILES string of the molecule is COC1OC(C2C=CC(Cl)=C(Cc3ccc(OCCCNS(C)(=O)=O)cc3)C2)C(O)C(O)C1O. The zero-order valence-electron chi connectivity index (χ0n) is 19.1. The van der Waals surface area contributed by atoms with E-state index in [0.29, 0.717) is 43.2 Å². The van der Waals surface area contributed by atoms with Gasteiger partial charge in [0.1, 0.15) is 24.1 Å². The molecule has 1 saturated heterocycles. The number of hydrogen-bond donors (Lipinski definition) is 4. The molecule has 1 aliphatic carbocycles. The molecule has 3 rings (SSSR count). The predicted octanol–water partition coefficient (Wildman–Crippen LogP) is 1.07. The number of aliphatic hydroxyl groups excluding tert-OH is 3. The Morgan fingerprint density at radius 3 is 2.50 bits per heavy atom.